The lowest BCUT2D eigenvalue weighted by Crippen LogP contribution is -2.50. The van der Waals surface area contributed by atoms with Gasteiger partial charge in [-0.05, 0) is 52.9 Å². The molecule has 0 radical (unpaired) electrons. The number of likely N-dealkylation sites (tertiary alicyclic amines) is 2. The zero-order valence-electron chi connectivity index (χ0n) is 18.8. The van der Waals surface area contributed by atoms with Gasteiger partial charge in [-0.2, -0.15) is 0 Å². The van der Waals surface area contributed by atoms with Crippen LogP contribution in [0.4, 0.5) is 4.79 Å². The predicted molar refractivity (Wildman–Crippen MR) is 116 cm³/mol. The highest BCUT2D eigenvalue weighted by atomic mass is 16.6. The third-order valence-electron chi connectivity index (χ3n) is 7.97. The van der Waals surface area contributed by atoms with Gasteiger partial charge in [0.15, 0.2) is 0 Å². The molecule has 6 nitrogen and oxygen atoms in total. The molecule has 29 heavy (non-hydrogen) atoms. The maximum Gasteiger partial charge on any atom is 0.410 e. The molecule has 0 aromatic heterocycles. The molecule has 166 valence electrons. The fourth-order valence-corrected chi connectivity index (χ4v) is 5.97. The zero-order valence-corrected chi connectivity index (χ0v) is 18.8. The molecule has 0 N–H and O–H groups in total. The SMILES string of the molecule is CN(C)[C@@H]1CCN(CCCN2CC3(CCN(C4CCCCCC4)CC3)OC2=O)C1. The first kappa shape index (κ1) is 21.4. The van der Waals surface area contributed by atoms with Crippen LogP contribution in [0.3, 0.4) is 0 Å². The Bertz CT molecular complexity index is 539. The van der Waals surface area contributed by atoms with Crippen LogP contribution in [-0.4, -0.2) is 103 Å². The first-order valence-corrected chi connectivity index (χ1v) is 12.2. The molecule has 3 aliphatic heterocycles. The summed E-state index contributed by atoms with van der Waals surface area (Å²) in [7, 11) is 4.35. The van der Waals surface area contributed by atoms with E-state index in [4.69, 9.17) is 4.74 Å². The number of amides is 1. The minimum absolute atomic E-state index is 0.0690. The number of carbonyl (C=O) groups excluding carboxylic acids is 1. The molecule has 3 saturated heterocycles. The summed E-state index contributed by atoms with van der Waals surface area (Å²) in [5.74, 6) is 0. The number of piperidine rings is 1. The molecular weight excluding hydrogens is 364 g/mol. The predicted octanol–water partition coefficient (Wildman–Crippen LogP) is 3.02. The minimum atomic E-state index is -0.206. The van der Waals surface area contributed by atoms with E-state index in [9.17, 15) is 4.79 Å². The van der Waals surface area contributed by atoms with Gasteiger partial charge in [0.05, 0.1) is 6.54 Å². The summed E-state index contributed by atoms with van der Waals surface area (Å²) < 4.78 is 5.97. The molecule has 1 atom stereocenters. The second-order valence-corrected chi connectivity index (χ2v) is 10.2. The Balaban J connectivity index is 1.19. The van der Waals surface area contributed by atoms with E-state index in [1.165, 1.54) is 58.0 Å². The van der Waals surface area contributed by atoms with E-state index < -0.39 is 0 Å². The van der Waals surface area contributed by atoms with Crippen LogP contribution < -0.4 is 0 Å². The van der Waals surface area contributed by atoms with Crippen molar-refractivity contribution >= 4 is 6.09 Å². The van der Waals surface area contributed by atoms with Gasteiger partial charge in [-0.15, -0.1) is 0 Å². The smallest absolute Gasteiger partial charge is 0.410 e. The lowest BCUT2D eigenvalue weighted by Gasteiger charge is -2.41. The van der Waals surface area contributed by atoms with Gasteiger partial charge in [0.25, 0.3) is 0 Å². The van der Waals surface area contributed by atoms with Crippen molar-refractivity contribution in [3.8, 4) is 0 Å². The monoisotopic (exact) mass is 406 g/mol. The number of ether oxygens (including phenoxy) is 1. The van der Waals surface area contributed by atoms with Crippen LogP contribution in [0.5, 0.6) is 0 Å². The van der Waals surface area contributed by atoms with E-state index in [-0.39, 0.29) is 11.7 Å². The number of likely N-dealkylation sites (N-methyl/N-ethyl adjacent to an activating group) is 1. The number of rotatable bonds is 6. The van der Waals surface area contributed by atoms with Gasteiger partial charge in [-0.3, -0.25) is 0 Å². The van der Waals surface area contributed by atoms with Crippen molar-refractivity contribution in [1.29, 1.82) is 0 Å². The average molecular weight is 407 g/mol. The third kappa shape index (κ3) is 5.26. The Hall–Kier alpha value is -0.850. The molecule has 0 bridgehead atoms. The highest BCUT2D eigenvalue weighted by Crippen LogP contribution is 2.35. The molecule has 4 aliphatic rings. The van der Waals surface area contributed by atoms with Gasteiger partial charge in [0.1, 0.15) is 5.60 Å². The fourth-order valence-electron chi connectivity index (χ4n) is 5.97. The van der Waals surface area contributed by atoms with E-state index in [0.29, 0.717) is 6.04 Å². The van der Waals surface area contributed by atoms with Gasteiger partial charge in [-0.25, -0.2) is 4.79 Å². The topological polar surface area (TPSA) is 39.3 Å². The van der Waals surface area contributed by atoms with Crippen molar-refractivity contribution < 1.29 is 9.53 Å². The molecule has 4 rings (SSSR count). The first-order valence-electron chi connectivity index (χ1n) is 12.2. The highest BCUT2D eigenvalue weighted by molar-refractivity contribution is 5.70. The summed E-state index contributed by atoms with van der Waals surface area (Å²) in [6.45, 7) is 7.31. The minimum Gasteiger partial charge on any atom is -0.441 e. The molecule has 0 unspecified atom stereocenters. The third-order valence-corrected chi connectivity index (χ3v) is 7.97. The number of carbonyl (C=O) groups is 1. The maximum absolute atomic E-state index is 12.5. The van der Waals surface area contributed by atoms with Gasteiger partial charge < -0.3 is 24.3 Å². The Labute approximate surface area is 177 Å². The molecule has 1 amide bonds. The van der Waals surface area contributed by atoms with Crippen molar-refractivity contribution in [3.63, 3.8) is 0 Å². The lowest BCUT2D eigenvalue weighted by atomic mass is 9.89. The summed E-state index contributed by atoms with van der Waals surface area (Å²) >= 11 is 0. The normalized spacial score (nSPS) is 29.7. The Morgan fingerprint density at radius 2 is 1.72 bits per heavy atom. The summed E-state index contributed by atoms with van der Waals surface area (Å²) in [5, 5.41) is 0. The second kappa shape index (κ2) is 9.52. The Morgan fingerprint density at radius 1 is 1.00 bits per heavy atom. The van der Waals surface area contributed by atoms with Crippen LogP contribution in [0.2, 0.25) is 0 Å². The summed E-state index contributed by atoms with van der Waals surface area (Å²) in [5.41, 5.74) is -0.206. The van der Waals surface area contributed by atoms with Crippen LogP contribution in [0.15, 0.2) is 0 Å². The van der Waals surface area contributed by atoms with E-state index in [0.717, 1.165) is 58.0 Å². The van der Waals surface area contributed by atoms with Crippen LogP contribution >= 0.6 is 0 Å². The molecule has 0 aromatic carbocycles. The molecule has 1 saturated carbocycles. The Kier molecular flexibility index (Phi) is 7.02. The quantitative estimate of drug-likeness (QED) is 0.634. The van der Waals surface area contributed by atoms with Crippen LogP contribution in [0, 0.1) is 0 Å². The zero-order chi connectivity index (χ0) is 20.3. The standard InChI is InChI=1S/C23H42N4O2/c1-24(2)21-10-15-25(18-21)13-7-14-27-19-23(29-22(27)28)11-16-26(17-12-23)20-8-5-3-4-6-9-20/h20-21H,3-19H2,1-2H3/t21-/m1/s1. The second-order valence-electron chi connectivity index (χ2n) is 10.2. The summed E-state index contributed by atoms with van der Waals surface area (Å²) in [4.78, 5) is 22.1. The molecule has 4 fully saturated rings. The highest BCUT2D eigenvalue weighted by Gasteiger charge is 2.47. The molecular formula is C23H42N4O2. The van der Waals surface area contributed by atoms with Crippen molar-refractivity contribution in [2.75, 3.05) is 59.9 Å². The fraction of sp³-hybridized carbons (Fsp3) is 0.957. The number of nitrogens with zero attached hydrogens (tertiary/aromatic N) is 4. The molecule has 1 aliphatic carbocycles. The van der Waals surface area contributed by atoms with Gasteiger partial charge in [0.2, 0.25) is 0 Å². The Morgan fingerprint density at radius 3 is 2.38 bits per heavy atom. The van der Waals surface area contributed by atoms with Crippen LogP contribution in [0.1, 0.15) is 64.2 Å². The van der Waals surface area contributed by atoms with Gasteiger partial charge in [0, 0.05) is 51.1 Å². The number of hydrogen-bond acceptors (Lipinski definition) is 5. The number of hydrogen-bond donors (Lipinski definition) is 0. The van der Waals surface area contributed by atoms with Crippen molar-refractivity contribution in [2.24, 2.45) is 0 Å². The van der Waals surface area contributed by atoms with Gasteiger partial charge in [-0.1, -0.05) is 25.7 Å². The van der Waals surface area contributed by atoms with E-state index in [2.05, 4.69) is 28.8 Å². The lowest BCUT2D eigenvalue weighted by molar-refractivity contribution is -0.0118. The van der Waals surface area contributed by atoms with Gasteiger partial charge >= 0.3 is 6.09 Å². The van der Waals surface area contributed by atoms with Crippen LogP contribution in [0.25, 0.3) is 0 Å². The largest absolute Gasteiger partial charge is 0.441 e. The average Bonchev–Trinajstić information content (AvgIpc) is 3.18. The van der Waals surface area contributed by atoms with E-state index in [1.807, 2.05) is 4.90 Å². The van der Waals surface area contributed by atoms with Crippen molar-refractivity contribution in [2.45, 2.75) is 81.9 Å². The van der Waals surface area contributed by atoms with Crippen LogP contribution in [-0.2, 0) is 4.74 Å². The first-order chi connectivity index (χ1) is 14.0. The molecule has 3 heterocycles. The summed E-state index contributed by atoms with van der Waals surface area (Å²) in [6.07, 6.45) is 12.6. The maximum atomic E-state index is 12.5. The van der Waals surface area contributed by atoms with E-state index >= 15 is 0 Å². The van der Waals surface area contributed by atoms with Crippen molar-refractivity contribution in [1.82, 2.24) is 19.6 Å². The van der Waals surface area contributed by atoms with E-state index in [1.54, 1.807) is 0 Å². The molecule has 0 aromatic rings. The summed E-state index contributed by atoms with van der Waals surface area (Å²) in [6, 6.07) is 1.46. The van der Waals surface area contributed by atoms with Crippen molar-refractivity contribution in [3.05, 3.63) is 0 Å². The molecule has 6 heteroatoms. The molecule has 1 spiro atoms.